The summed E-state index contributed by atoms with van der Waals surface area (Å²) in [6.07, 6.45) is 1.92. The Morgan fingerprint density at radius 1 is 1.00 bits per heavy atom. The number of aryl methyl sites for hydroxylation is 1. The van der Waals surface area contributed by atoms with Crippen molar-refractivity contribution in [1.29, 1.82) is 0 Å². The molecule has 0 atom stereocenters. The van der Waals surface area contributed by atoms with Crippen LogP contribution in [0.5, 0.6) is 0 Å². The number of hydrogen-bond acceptors (Lipinski definition) is 4. The molecule has 3 rings (SSSR count). The van der Waals surface area contributed by atoms with E-state index < -0.39 is 10.0 Å². The summed E-state index contributed by atoms with van der Waals surface area (Å²) in [7, 11) is -3.75. The number of thioether (sulfide) groups is 1. The Kier molecular flexibility index (Phi) is 6.52. The van der Waals surface area contributed by atoms with Gasteiger partial charge in [0.2, 0.25) is 0 Å². The van der Waals surface area contributed by atoms with Crippen LogP contribution in [0.25, 0.3) is 0 Å². The van der Waals surface area contributed by atoms with Crippen molar-refractivity contribution in [1.82, 2.24) is 0 Å². The van der Waals surface area contributed by atoms with Crippen molar-refractivity contribution in [2.75, 3.05) is 16.3 Å². The first-order valence-electron chi connectivity index (χ1n) is 8.63. The lowest BCUT2D eigenvalue weighted by Gasteiger charge is -2.12. The third-order valence-electron chi connectivity index (χ3n) is 4.15. The van der Waals surface area contributed by atoms with Crippen LogP contribution in [0.1, 0.15) is 15.9 Å². The van der Waals surface area contributed by atoms with Crippen LogP contribution >= 0.6 is 23.4 Å². The van der Waals surface area contributed by atoms with Crippen LogP contribution in [-0.2, 0) is 10.0 Å². The Bertz CT molecular complexity index is 1150. The number of anilines is 2. The van der Waals surface area contributed by atoms with E-state index in [1.807, 2.05) is 37.4 Å². The van der Waals surface area contributed by atoms with Crippen LogP contribution in [0.4, 0.5) is 11.4 Å². The van der Waals surface area contributed by atoms with Crippen molar-refractivity contribution >= 4 is 50.7 Å². The van der Waals surface area contributed by atoms with E-state index in [0.29, 0.717) is 5.69 Å². The molecular formula is C21H19ClN2O3S2. The van der Waals surface area contributed by atoms with Gasteiger partial charge in [-0.15, -0.1) is 11.8 Å². The third kappa shape index (κ3) is 5.12. The lowest BCUT2D eigenvalue weighted by atomic mass is 10.2. The molecule has 0 radical (unpaired) electrons. The number of benzene rings is 3. The summed E-state index contributed by atoms with van der Waals surface area (Å²) in [6.45, 7) is 1.88. The molecule has 1 amide bonds. The van der Waals surface area contributed by atoms with Crippen molar-refractivity contribution in [2.45, 2.75) is 16.7 Å². The second-order valence-corrected chi connectivity index (χ2v) is 9.21. The average molecular weight is 447 g/mol. The molecule has 5 nitrogen and oxygen atoms in total. The summed E-state index contributed by atoms with van der Waals surface area (Å²) in [5.74, 6) is -0.371. The molecule has 0 aliphatic carbocycles. The fraction of sp³-hybridized carbons (Fsp3) is 0.0952. The monoisotopic (exact) mass is 446 g/mol. The van der Waals surface area contributed by atoms with Crippen molar-refractivity contribution in [3.8, 4) is 0 Å². The Labute approximate surface area is 179 Å². The van der Waals surface area contributed by atoms with Crippen LogP contribution < -0.4 is 10.0 Å². The second kappa shape index (κ2) is 8.90. The quantitative estimate of drug-likeness (QED) is 0.495. The van der Waals surface area contributed by atoms with Crippen molar-refractivity contribution < 1.29 is 13.2 Å². The molecule has 0 spiro atoms. The number of sulfonamides is 1. The highest BCUT2D eigenvalue weighted by molar-refractivity contribution is 7.98. The maximum atomic E-state index is 12.6. The third-order valence-corrected chi connectivity index (χ3v) is 6.66. The molecule has 2 N–H and O–H groups in total. The Morgan fingerprint density at radius 2 is 1.69 bits per heavy atom. The number of nitrogens with one attached hydrogen (secondary N) is 2. The smallest absolute Gasteiger partial charge is 0.261 e. The number of carbonyl (C=O) groups is 1. The van der Waals surface area contributed by atoms with E-state index in [2.05, 4.69) is 10.0 Å². The summed E-state index contributed by atoms with van der Waals surface area (Å²) in [5.41, 5.74) is 2.17. The van der Waals surface area contributed by atoms with Gasteiger partial charge >= 0.3 is 0 Å². The number of hydrogen-bond donors (Lipinski definition) is 2. The van der Waals surface area contributed by atoms with E-state index in [4.69, 9.17) is 11.6 Å². The lowest BCUT2D eigenvalue weighted by Crippen LogP contribution is -2.15. The predicted octanol–water partition coefficient (Wildman–Crippen LogP) is 5.42. The highest BCUT2D eigenvalue weighted by Crippen LogP contribution is 2.27. The first-order valence-corrected chi connectivity index (χ1v) is 11.7. The largest absolute Gasteiger partial charge is 0.321 e. The van der Waals surface area contributed by atoms with Gasteiger partial charge in [0, 0.05) is 4.90 Å². The molecule has 0 unspecified atom stereocenters. The molecule has 0 heterocycles. The first-order chi connectivity index (χ1) is 13.8. The summed E-state index contributed by atoms with van der Waals surface area (Å²) >= 11 is 7.78. The van der Waals surface area contributed by atoms with Gasteiger partial charge in [-0.3, -0.25) is 9.52 Å². The predicted molar refractivity (Wildman–Crippen MR) is 120 cm³/mol. The second-order valence-electron chi connectivity index (χ2n) is 6.27. The molecule has 150 valence electrons. The molecule has 0 saturated carbocycles. The maximum absolute atomic E-state index is 12.6. The van der Waals surface area contributed by atoms with Crippen LogP contribution in [0.2, 0.25) is 5.02 Å². The number of para-hydroxylation sites is 1. The number of halogens is 1. The minimum absolute atomic E-state index is 0.147. The number of amides is 1. The van der Waals surface area contributed by atoms with Gasteiger partial charge in [-0.1, -0.05) is 41.4 Å². The Morgan fingerprint density at radius 3 is 2.34 bits per heavy atom. The zero-order valence-corrected chi connectivity index (χ0v) is 18.2. The van der Waals surface area contributed by atoms with Crippen LogP contribution in [0.3, 0.4) is 0 Å². The van der Waals surface area contributed by atoms with Crippen LogP contribution in [0, 0.1) is 6.92 Å². The summed E-state index contributed by atoms with van der Waals surface area (Å²) in [5, 5.41) is 2.98. The van der Waals surface area contributed by atoms with Gasteiger partial charge < -0.3 is 5.32 Å². The van der Waals surface area contributed by atoms with Gasteiger partial charge in [0.05, 0.1) is 26.9 Å². The van der Waals surface area contributed by atoms with E-state index in [1.165, 1.54) is 42.1 Å². The minimum Gasteiger partial charge on any atom is -0.321 e. The summed E-state index contributed by atoms with van der Waals surface area (Å²) in [4.78, 5) is 13.7. The molecule has 3 aromatic rings. The molecule has 29 heavy (non-hydrogen) atoms. The van der Waals surface area contributed by atoms with Gasteiger partial charge in [-0.05, 0) is 55.6 Å². The molecule has 8 heteroatoms. The Hall–Kier alpha value is -2.48. The maximum Gasteiger partial charge on any atom is 0.261 e. The fourth-order valence-corrected chi connectivity index (χ4v) is 4.50. The van der Waals surface area contributed by atoms with E-state index >= 15 is 0 Å². The molecule has 0 aliphatic rings. The molecule has 0 bridgehead atoms. The standard InChI is InChI=1S/C21H19ClN2O3S2/c1-14-7-10-16(11-8-14)29(26,27)24-15-9-12-17(18(22)13-15)21(25)23-19-5-3-4-6-20(19)28-2/h3-13,24H,1-2H3,(H,23,25). The summed E-state index contributed by atoms with van der Waals surface area (Å²) < 4.78 is 27.5. The van der Waals surface area contributed by atoms with Gasteiger partial charge in [-0.25, -0.2) is 8.42 Å². The molecular weight excluding hydrogens is 428 g/mol. The highest BCUT2D eigenvalue weighted by Gasteiger charge is 2.17. The van der Waals surface area contributed by atoms with Crippen molar-refractivity contribution in [3.63, 3.8) is 0 Å². The topological polar surface area (TPSA) is 75.3 Å². The van der Waals surface area contributed by atoms with Crippen molar-refractivity contribution in [2.24, 2.45) is 0 Å². The first kappa shape index (κ1) is 21.2. The zero-order valence-electron chi connectivity index (χ0n) is 15.8. The normalized spacial score (nSPS) is 11.1. The lowest BCUT2D eigenvalue weighted by molar-refractivity contribution is 0.102. The van der Waals surface area contributed by atoms with Gasteiger partial charge in [-0.2, -0.15) is 0 Å². The SMILES string of the molecule is CSc1ccccc1NC(=O)c1ccc(NS(=O)(=O)c2ccc(C)cc2)cc1Cl. The number of rotatable bonds is 6. The molecule has 0 aromatic heterocycles. The fourth-order valence-electron chi connectivity index (χ4n) is 2.63. The summed E-state index contributed by atoms with van der Waals surface area (Å²) in [6, 6.07) is 18.4. The Balaban J connectivity index is 1.79. The zero-order chi connectivity index (χ0) is 21.0. The van der Waals surface area contributed by atoms with Gasteiger partial charge in [0.15, 0.2) is 0 Å². The van der Waals surface area contributed by atoms with E-state index in [0.717, 1.165) is 10.5 Å². The van der Waals surface area contributed by atoms with E-state index in [1.54, 1.807) is 12.1 Å². The van der Waals surface area contributed by atoms with Crippen molar-refractivity contribution in [3.05, 3.63) is 82.9 Å². The highest BCUT2D eigenvalue weighted by atomic mass is 35.5. The molecule has 0 saturated heterocycles. The molecule has 3 aromatic carbocycles. The van der Waals surface area contributed by atoms with Crippen LogP contribution in [-0.4, -0.2) is 20.6 Å². The number of carbonyl (C=O) groups excluding carboxylic acids is 1. The van der Waals surface area contributed by atoms with Crippen LogP contribution in [0.15, 0.2) is 76.5 Å². The van der Waals surface area contributed by atoms with E-state index in [9.17, 15) is 13.2 Å². The average Bonchev–Trinajstić information content (AvgIpc) is 2.68. The van der Waals surface area contributed by atoms with E-state index in [-0.39, 0.29) is 27.1 Å². The molecule has 0 aliphatic heterocycles. The minimum atomic E-state index is -3.75. The van der Waals surface area contributed by atoms with Gasteiger partial charge in [0.1, 0.15) is 0 Å². The van der Waals surface area contributed by atoms with Gasteiger partial charge in [0.25, 0.3) is 15.9 Å². The molecule has 0 fully saturated rings.